The molecule has 140 valence electrons. The lowest BCUT2D eigenvalue weighted by Crippen LogP contribution is -2.46. The lowest BCUT2D eigenvalue weighted by atomic mass is 10.2. The van der Waals surface area contributed by atoms with Crippen molar-refractivity contribution in [1.82, 2.24) is 10.2 Å². The molecule has 0 saturated carbocycles. The zero-order chi connectivity index (χ0) is 17.5. The Hall–Kier alpha value is -1.79. The summed E-state index contributed by atoms with van der Waals surface area (Å²) in [5, 5.41) is 6.91. The van der Waals surface area contributed by atoms with Crippen molar-refractivity contribution in [2.24, 2.45) is 0 Å². The Morgan fingerprint density at radius 1 is 1.08 bits per heavy atom. The molecule has 26 heavy (non-hydrogen) atoms. The van der Waals surface area contributed by atoms with E-state index in [0.29, 0.717) is 18.2 Å². The van der Waals surface area contributed by atoms with E-state index in [0.717, 1.165) is 43.2 Å². The van der Waals surface area contributed by atoms with Crippen molar-refractivity contribution in [2.75, 3.05) is 38.0 Å². The third-order valence-corrected chi connectivity index (χ3v) is 4.29. The molecule has 1 aliphatic rings. The summed E-state index contributed by atoms with van der Waals surface area (Å²) in [7, 11) is 0. The van der Waals surface area contributed by atoms with Crippen LogP contribution in [-0.4, -0.2) is 43.5 Å². The predicted molar refractivity (Wildman–Crippen MR) is 107 cm³/mol. The molecule has 0 radical (unpaired) electrons. The van der Waals surface area contributed by atoms with Crippen LogP contribution in [0.5, 0.6) is 5.75 Å². The molecule has 1 heterocycles. The Kier molecular flexibility index (Phi) is 8.19. The van der Waals surface area contributed by atoms with Crippen LogP contribution in [-0.2, 0) is 11.4 Å². The molecule has 2 aromatic carbocycles. The molecular weight excluding hydrogens is 373 g/mol. The first-order chi connectivity index (χ1) is 12.2. The average molecular weight is 396 g/mol. The summed E-state index contributed by atoms with van der Waals surface area (Å²) in [4.78, 5) is 14.2. The Labute approximate surface area is 165 Å². The van der Waals surface area contributed by atoms with Gasteiger partial charge in [0.1, 0.15) is 12.4 Å². The first kappa shape index (κ1) is 20.5. The van der Waals surface area contributed by atoms with Crippen LogP contribution < -0.4 is 15.4 Å². The third-order valence-electron chi connectivity index (χ3n) is 4.03. The number of nitrogens with zero attached hydrogens (tertiary/aromatic N) is 1. The van der Waals surface area contributed by atoms with E-state index in [-0.39, 0.29) is 18.3 Å². The van der Waals surface area contributed by atoms with E-state index in [1.54, 1.807) is 0 Å². The lowest BCUT2D eigenvalue weighted by molar-refractivity contribution is -0.117. The zero-order valence-corrected chi connectivity index (χ0v) is 16.0. The maximum Gasteiger partial charge on any atom is 0.238 e. The van der Waals surface area contributed by atoms with Gasteiger partial charge in [0.05, 0.1) is 6.54 Å². The molecule has 0 spiro atoms. The molecule has 0 atom stereocenters. The minimum Gasteiger partial charge on any atom is -0.489 e. The fraction of sp³-hybridized carbons (Fsp3) is 0.316. The van der Waals surface area contributed by atoms with Gasteiger partial charge in [-0.3, -0.25) is 9.69 Å². The number of rotatable bonds is 6. The van der Waals surface area contributed by atoms with Crippen molar-refractivity contribution in [3.05, 3.63) is 59.1 Å². The Morgan fingerprint density at radius 3 is 2.38 bits per heavy atom. The van der Waals surface area contributed by atoms with Gasteiger partial charge in [0.15, 0.2) is 0 Å². The van der Waals surface area contributed by atoms with Gasteiger partial charge in [0, 0.05) is 36.9 Å². The molecule has 1 fully saturated rings. The van der Waals surface area contributed by atoms with Gasteiger partial charge in [0.25, 0.3) is 0 Å². The van der Waals surface area contributed by atoms with Crippen molar-refractivity contribution >= 4 is 35.6 Å². The highest BCUT2D eigenvalue weighted by atomic mass is 35.5. The minimum atomic E-state index is 0. The van der Waals surface area contributed by atoms with Crippen molar-refractivity contribution in [3.63, 3.8) is 0 Å². The Balaban J connectivity index is 0.00000243. The summed E-state index contributed by atoms with van der Waals surface area (Å²) >= 11 is 5.87. The number of ether oxygens (including phenoxy) is 1. The van der Waals surface area contributed by atoms with E-state index in [9.17, 15) is 4.79 Å². The largest absolute Gasteiger partial charge is 0.489 e. The summed E-state index contributed by atoms with van der Waals surface area (Å²) in [6.45, 7) is 4.60. The highest BCUT2D eigenvalue weighted by molar-refractivity contribution is 6.30. The summed E-state index contributed by atoms with van der Waals surface area (Å²) in [6, 6.07) is 15.0. The minimum absolute atomic E-state index is 0. The third kappa shape index (κ3) is 6.50. The SMILES string of the molecule is Cl.O=C(CN1CCNCC1)Nc1ccc(OCc2ccc(Cl)cc2)cc1. The van der Waals surface area contributed by atoms with Gasteiger partial charge < -0.3 is 15.4 Å². The summed E-state index contributed by atoms with van der Waals surface area (Å²) in [5.41, 5.74) is 1.83. The van der Waals surface area contributed by atoms with Crippen molar-refractivity contribution in [3.8, 4) is 5.75 Å². The molecule has 2 aromatic rings. The quantitative estimate of drug-likeness (QED) is 0.788. The van der Waals surface area contributed by atoms with E-state index >= 15 is 0 Å². The van der Waals surface area contributed by atoms with Crippen molar-refractivity contribution < 1.29 is 9.53 Å². The molecule has 1 amide bonds. The van der Waals surface area contributed by atoms with Crippen LogP contribution in [0, 0.1) is 0 Å². The second kappa shape index (κ2) is 10.4. The first-order valence-corrected chi connectivity index (χ1v) is 8.77. The van der Waals surface area contributed by atoms with Crippen LogP contribution >= 0.6 is 24.0 Å². The van der Waals surface area contributed by atoms with E-state index in [1.165, 1.54) is 0 Å². The van der Waals surface area contributed by atoms with Gasteiger partial charge >= 0.3 is 0 Å². The number of benzene rings is 2. The molecule has 5 nitrogen and oxygen atoms in total. The van der Waals surface area contributed by atoms with E-state index in [2.05, 4.69) is 15.5 Å². The van der Waals surface area contributed by atoms with Crippen molar-refractivity contribution in [2.45, 2.75) is 6.61 Å². The number of amides is 1. The maximum absolute atomic E-state index is 12.1. The second-order valence-electron chi connectivity index (χ2n) is 6.01. The normalized spacial score (nSPS) is 14.3. The van der Waals surface area contributed by atoms with Crippen LogP contribution in [0.15, 0.2) is 48.5 Å². The van der Waals surface area contributed by atoms with Crippen LogP contribution in [0.25, 0.3) is 0 Å². The number of anilines is 1. The number of halogens is 2. The number of piperazine rings is 1. The molecule has 3 rings (SSSR count). The molecule has 0 aromatic heterocycles. The van der Waals surface area contributed by atoms with Crippen LogP contribution in [0.1, 0.15) is 5.56 Å². The standard InChI is InChI=1S/C19H22ClN3O2.ClH/c20-16-3-1-15(2-4-16)14-25-18-7-5-17(6-8-18)22-19(24)13-23-11-9-21-10-12-23;/h1-8,21H,9-14H2,(H,22,24);1H. The first-order valence-electron chi connectivity index (χ1n) is 8.39. The number of carbonyl (C=O) groups is 1. The molecular formula is C19H23Cl2N3O2. The molecule has 1 saturated heterocycles. The Morgan fingerprint density at radius 2 is 1.73 bits per heavy atom. The second-order valence-corrected chi connectivity index (χ2v) is 6.45. The fourth-order valence-corrected chi connectivity index (χ4v) is 2.78. The van der Waals surface area contributed by atoms with E-state index in [4.69, 9.17) is 16.3 Å². The van der Waals surface area contributed by atoms with Gasteiger partial charge in [-0.15, -0.1) is 12.4 Å². The monoisotopic (exact) mass is 395 g/mol. The summed E-state index contributed by atoms with van der Waals surface area (Å²) < 4.78 is 5.74. The van der Waals surface area contributed by atoms with Gasteiger partial charge in [-0.05, 0) is 42.0 Å². The molecule has 0 unspecified atom stereocenters. The predicted octanol–water partition coefficient (Wildman–Crippen LogP) is 3.18. The molecule has 0 aliphatic carbocycles. The van der Waals surface area contributed by atoms with Crippen LogP contribution in [0.3, 0.4) is 0 Å². The number of carbonyl (C=O) groups excluding carboxylic acids is 1. The van der Waals surface area contributed by atoms with Gasteiger partial charge in [-0.1, -0.05) is 23.7 Å². The summed E-state index contributed by atoms with van der Waals surface area (Å²) in [6.07, 6.45) is 0. The number of nitrogens with one attached hydrogen (secondary N) is 2. The van der Waals surface area contributed by atoms with E-state index in [1.807, 2.05) is 48.5 Å². The fourth-order valence-electron chi connectivity index (χ4n) is 2.65. The van der Waals surface area contributed by atoms with Gasteiger partial charge in [-0.25, -0.2) is 0 Å². The maximum atomic E-state index is 12.1. The Bertz CT molecular complexity index is 687. The zero-order valence-electron chi connectivity index (χ0n) is 14.4. The molecule has 2 N–H and O–H groups in total. The number of hydrogen-bond donors (Lipinski definition) is 2. The highest BCUT2D eigenvalue weighted by Gasteiger charge is 2.13. The summed E-state index contributed by atoms with van der Waals surface area (Å²) in [5.74, 6) is 0.770. The average Bonchev–Trinajstić information content (AvgIpc) is 2.63. The van der Waals surface area contributed by atoms with Crippen LogP contribution in [0.4, 0.5) is 5.69 Å². The van der Waals surface area contributed by atoms with E-state index < -0.39 is 0 Å². The highest BCUT2D eigenvalue weighted by Crippen LogP contribution is 2.18. The number of hydrogen-bond acceptors (Lipinski definition) is 4. The topological polar surface area (TPSA) is 53.6 Å². The molecule has 1 aliphatic heterocycles. The van der Waals surface area contributed by atoms with Gasteiger partial charge in [0.2, 0.25) is 5.91 Å². The lowest BCUT2D eigenvalue weighted by Gasteiger charge is -2.26. The van der Waals surface area contributed by atoms with Crippen LogP contribution in [0.2, 0.25) is 5.02 Å². The molecule has 0 bridgehead atoms. The smallest absolute Gasteiger partial charge is 0.238 e. The van der Waals surface area contributed by atoms with Gasteiger partial charge in [-0.2, -0.15) is 0 Å². The molecule has 7 heteroatoms. The van der Waals surface area contributed by atoms with Crippen molar-refractivity contribution in [1.29, 1.82) is 0 Å².